The molecule has 34 heavy (non-hydrogen) atoms. The molecule has 1 aromatic carbocycles. The molecule has 2 N–H and O–H groups in total. The molecule has 1 unspecified atom stereocenters. The number of anilines is 1. The van der Waals surface area contributed by atoms with Gasteiger partial charge in [0.2, 0.25) is 5.91 Å². The molecule has 2 heterocycles. The van der Waals surface area contributed by atoms with Crippen molar-refractivity contribution in [2.45, 2.75) is 39.7 Å². The van der Waals surface area contributed by atoms with E-state index in [1.807, 2.05) is 13.8 Å². The molecule has 1 fully saturated rings. The van der Waals surface area contributed by atoms with Gasteiger partial charge in [0.05, 0.1) is 12.2 Å². The Hall–Kier alpha value is -3.34. The van der Waals surface area contributed by atoms with Crippen LogP contribution in [0.4, 0.5) is 18.6 Å². The van der Waals surface area contributed by atoms with Gasteiger partial charge in [-0.05, 0) is 54.8 Å². The Morgan fingerprint density at radius 2 is 1.94 bits per heavy atom. The van der Waals surface area contributed by atoms with E-state index in [1.165, 1.54) is 13.0 Å². The van der Waals surface area contributed by atoms with Crippen LogP contribution in [0.25, 0.3) is 0 Å². The SMILES string of the molecule is CCOC(=O)c1c(CC(C)C)csc1NC(=O)CN1C(=O)NC(C)(c2ccc(F)c(F)c2)C1=O. The average molecular weight is 494 g/mol. The van der Waals surface area contributed by atoms with Gasteiger partial charge in [-0.3, -0.25) is 14.5 Å². The lowest BCUT2D eigenvalue weighted by Gasteiger charge is -2.22. The molecule has 8 nitrogen and oxygen atoms in total. The van der Waals surface area contributed by atoms with E-state index in [0.29, 0.717) is 11.3 Å². The molecule has 11 heteroatoms. The lowest BCUT2D eigenvalue weighted by Crippen LogP contribution is -2.42. The third-order valence-corrected chi connectivity index (χ3v) is 6.25. The maximum absolute atomic E-state index is 13.7. The van der Waals surface area contributed by atoms with E-state index >= 15 is 0 Å². The normalized spacial score (nSPS) is 17.8. The standard InChI is InChI=1S/C23H25F2N3O5S/c1-5-33-20(30)18-13(8-12(2)3)11-34-19(18)26-17(29)10-28-21(31)23(4,27-22(28)32)14-6-7-15(24)16(25)9-14/h6-7,9,11-12H,5,8,10H2,1-4H3,(H,26,29)(H,27,32). The van der Waals surface area contributed by atoms with Crippen molar-refractivity contribution in [2.75, 3.05) is 18.5 Å². The summed E-state index contributed by atoms with van der Waals surface area (Å²) in [5.41, 5.74) is -0.656. The van der Waals surface area contributed by atoms with Gasteiger partial charge in [-0.2, -0.15) is 0 Å². The number of hydrogen-bond donors (Lipinski definition) is 2. The topological polar surface area (TPSA) is 105 Å². The van der Waals surface area contributed by atoms with Crippen LogP contribution in [-0.4, -0.2) is 41.9 Å². The molecule has 1 saturated heterocycles. The molecule has 0 saturated carbocycles. The number of benzene rings is 1. The zero-order chi connectivity index (χ0) is 25.2. The van der Waals surface area contributed by atoms with Crippen molar-refractivity contribution in [1.29, 1.82) is 0 Å². The second-order valence-corrected chi connectivity index (χ2v) is 9.29. The minimum Gasteiger partial charge on any atom is -0.462 e. The molecule has 0 radical (unpaired) electrons. The van der Waals surface area contributed by atoms with Gasteiger partial charge in [0, 0.05) is 0 Å². The Morgan fingerprint density at radius 1 is 1.24 bits per heavy atom. The number of hydrogen-bond acceptors (Lipinski definition) is 6. The first-order valence-corrected chi connectivity index (χ1v) is 11.5. The molecule has 182 valence electrons. The number of carbonyl (C=O) groups excluding carboxylic acids is 4. The van der Waals surface area contributed by atoms with Crippen LogP contribution >= 0.6 is 11.3 Å². The van der Waals surface area contributed by atoms with Crippen LogP contribution in [0.3, 0.4) is 0 Å². The van der Waals surface area contributed by atoms with Gasteiger partial charge in [-0.1, -0.05) is 19.9 Å². The van der Waals surface area contributed by atoms with Crippen LogP contribution in [-0.2, 0) is 26.3 Å². The number of rotatable bonds is 8. The van der Waals surface area contributed by atoms with Crippen LogP contribution in [0.2, 0.25) is 0 Å². The molecular weight excluding hydrogens is 468 g/mol. The first kappa shape index (κ1) is 25.3. The Labute approximate surface area is 199 Å². The van der Waals surface area contributed by atoms with E-state index in [4.69, 9.17) is 4.74 Å². The monoisotopic (exact) mass is 493 g/mol. The van der Waals surface area contributed by atoms with Crippen molar-refractivity contribution < 1.29 is 32.7 Å². The van der Waals surface area contributed by atoms with Crippen molar-refractivity contribution in [3.8, 4) is 0 Å². The van der Waals surface area contributed by atoms with Gasteiger partial charge in [-0.15, -0.1) is 11.3 Å². The summed E-state index contributed by atoms with van der Waals surface area (Å²) in [6, 6.07) is 2.01. The van der Waals surface area contributed by atoms with E-state index in [2.05, 4.69) is 10.6 Å². The minimum atomic E-state index is -1.67. The lowest BCUT2D eigenvalue weighted by molar-refractivity contribution is -0.133. The minimum absolute atomic E-state index is 0.0360. The predicted molar refractivity (Wildman–Crippen MR) is 121 cm³/mol. The zero-order valence-corrected chi connectivity index (χ0v) is 20.0. The molecule has 1 aliphatic rings. The molecule has 1 aliphatic heterocycles. The summed E-state index contributed by atoms with van der Waals surface area (Å²) < 4.78 is 32.1. The third kappa shape index (κ3) is 4.93. The van der Waals surface area contributed by atoms with E-state index in [9.17, 15) is 28.0 Å². The smallest absolute Gasteiger partial charge is 0.341 e. The Morgan fingerprint density at radius 3 is 2.56 bits per heavy atom. The number of nitrogens with one attached hydrogen (secondary N) is 2. The number of esters is 1. The first-order valence-electron chi connectivity index (χ1n) is 10.6. The van der Waals surface area contributed by atoms with Crippen molar-refractivity contribution in [3.05, 3.63) is 51.9 Å². The fraction of sp³-hybridized carbons (Fsp3) is 0.391. The molecule has 4 amide bonds. The third-order valence-electron chi connectivity index (χ3n) is 5.30. The number of halogens is 2. The number of urea groups is 1. The summed E-state index contributed by atoms with van der Waals surface area (Å²) in [6.07, 6.45) is 0.597. The molecule has 0 spiro atoms. The van der Waals surface area contributed by atoms with Gasteiger partial charge < -0.3 is 15.4 Å². The summed E-state index contributed by atoms with van der Waals surface area (Å²) in [6.45, 7) is 6.52. The Kier molecular flexibility index (Phi) is 7.35. The van der Waals surface area contributed by atoms with Crippen LogP contribution in [0.5, 0.6) is 0 Å². The number of ether oxygens (including phenoxy) is 1. The van der Waals surface area contributed by atoms with Gasteiger partial charge in [0.1, 0.15) is 17.1 Å². The zero-order valence-electron chi connectivity index (χ0n) is 19.2. The highest BCUT2D eigenvalue weighted by Crippen LogP contribution is 2.32. The number of imide groups is 1. The van der Waals surface area contributed by atoms with Crippen LogP contribution < -0.4 is 10.6 Å². The van der Waals surface area contributed by atoms with Crippen LogP contribution in [0, 0.1) is 17.6 Å². The largest absolute Gasteiger partial charge is 0.462 e. The van der Waals surface area contributed by atoms with E-state index in [0.717, 1.165) is 29.0 Å². The number of thiophene rings is 1. The Balaban J connectivity index is 1.79. The highest BCUT2D eigenvalue weighted by molar-refractivity contribution is 7.15. The summed E-state index contributed by atoms with van der Waals surface area (Å²) in [5, 5.41) is 7.04. The van der Waals surface area contributed by atoms with Crippen LogP contribution in [0.1, 0.15) is 49.2 Å². The predicted octanol–water partition coefficient (Wildman–Crippen LogP) is 3.81. The molecule has 3 rings (SSSR count). The lowest BCUT2D eigenvalue weighted by atomic mass is 9.92. The number of carbonyl (C=O) groups is 4. The Bertz CT molecular complexity index is 1150. The van der Waals surface area contributed by atoms with Crippen molar-refractivity contribution in [1.82, 2.24) is 10.2 Å². The summed E-state index contributed by atoms with van der Waals surface area (Å²) >= 11 is 1.15. The van der Waals surface area contributed by atoms with E-state index in [1.54, 1.807) is 12.3 Å². The summed E-state index contributed by atoms with van der Waals surface area (Å²) in [5.74, 6) is -4.08. The van der Waals surface area contributed by atoms with E-state index < -0.39 is 47.5 Å². The molecular formula is C23H25F2N3O5S. The number of nitrogens with zero attached hydrogens (tertiary/aromatic N) is 1. The second-order valence-electron chi connectivity index (χ2n) is 8.41. The van der Waals surface area contributed by atoms with Gasteiger partial charge in [0.15, 0.2) is 11.6 Å². The highest BCUT2D eigenvalue weighted by Gasteiger charge is 2.49. The highest BCUT2D eigenvalue weighted by atomic mass is 32.1. The fourth-order valence-electron chi connectivity index (χ4n) is 3.66. The van der Waals surface area contributed by atoms with Gasteiger partial charge in [-0.25, -0.2) is 18.4 Å². The average Bonchev–Trinajstić information content (AvgIpc) is 3.23. The van der Waals surface area contributed by atoms with E-state index in [-0.39, 0.29) is 28.7 Å². The maximum atomic E-state index is 13.7. The summed E-state index contributed by atoms with van der Waals surface area (Å²) in [4.78, 5) is 51.4. The van der Waals surface area contributed by atoms with Crippen LogP contribution in [0.15, 0.2) is 23.6 Å². The maximum Gasteiger partial charge on any atom is 0.341 e. The first-order chi connectivity index (χ1) is 16.0. The molecule has 0 bridgehead atoms. The molecule has 0 aliphatic carbocycles. The molecule has 1 atom stereocenters. The summed E-state index contributed by atoms with van der Waals surface area (Å²) in [7, 11) is 0. The quantitative estimate of drug-likeness (QED) is 0.430. The fourth-order valence-corrected chi connectivity index (χ4v) is 4.64. The molecule has 1 aromatic heterocycles. The van der Waals surface area contributed by atoms with Crippen molar-refractivity contribution in [2.24, 2.45) is 5.92 Å². The second kappa shape index (κ2) is 9.88. The van der Waals surface area contributed by atoms with Gasteiger partial charge >= 0.3 is 12.0 Å². The van der Waals surface area contributed by atoms with Gasteiger partial charge in [0.25, 0.3) is 5.91 Å². The van der Waals surface area contributed by atoms with Crippen molar-refractivity contribution >= 4 is 40.2 Å². The van der Waals surface area contributed by atoms with Crippen molar-refractivity contribution in [3.63, 3.8) is 0 Å². The molecule has 2 aromatic rings. The number of amides is 4.